The van der Waals surface area contributed by atoms with Crippen LogP contribution in [0.25, 0.3) is 11.0 Å². The molecule has 1 fully saturated rings. The number of hydrogen-bond acceptors (Lipinski definition) is 4. The van der Waals surface area contributed by atoms with Crippen molar-refractivity contribution in [2.75, 3.05) is 6.54 Å². The second-order valence-electron chi connectivity index (χ2n) is 10.6. The van der Waals surface area contributed by atoms with Crippen molar-refractivity contribution < 1.29 is 5.11 Å². The van der Waals surface area contributed by atoms with E-state index in [1.54, 1.807) is 0 Å². The van der Waals surface area contributed by atoms with Gasteiger partial charge in [0.2, 0.25) is 0 Å². The minimum atomic E-state index is -0.967. The smallest absolute Gasteiger partial charge is 0.141 e. The van der Waals surface area contributed by atoms with E-state index >= 15 is 0 Å². The maximum Gasteiger partial charge on any atom is 0.141 e. The summed E-state index contributed by atoms with van der Waals surface area (Å²) in [6, 6.07) is 15.7. The Bertz CT molecular complexity index is 1210. The topological polar surface area (TPSA) is 73.9 Å². The van der Waals surface area contributed by atoms with Gasteiger partial charge in [-0.2, -0.15) is 5.26 Å². The number of benzene rings is 2. The summed E-state index contributed by atoms with van der Waals surface area (Å²) < 4.78 is 2.31. The highest BCUT2D eigenvalue weighted by molar-refractivity contribution is 5.77. The summed E-state index contributed by atoms with van der Waals surface area (Å²) in [5.41, 5.74) is 5.87. The SMILES string of the molecule is Cc1ccc2c(c1)nc(C(C)(C)O)n2[C@H]1CC[C@@H](NC[C@H]2Cc3ccc(C#N)cc3C2)CC1. The molecular formula is C28H34N4O. The average molecular weight is 443 g/mol. The fraction of sp³-hybridized carbons (Fsp3) is 0.500. The largest absolute Gasteiger partial charge is 0.383 e. The van der Waals surface area contributed by atoms with Crippen molar-refractivity contribution in [1.29, 1.82) is 5.26 Å². The van der Waals surface area contributed by atoms with E-state index in [1.165, 1.54) is 16.7 Å². The van der Waals surface area contributed by atoms with Gasteiger partial charge >= 0.3 is 0 Å². The molecule has 2 N–H and O–H groups in total. The van der Waals surface area contributed by atoms with Gasteiger partial charge in [-0.25, -0.2) is 4.98 Å². The van der Waals surface area contributed by atoms with Gasteiger partial charge < -0.3 is 15.0 Å². The quantitative estimate of drug-likeness (QED) is 0.587. The molecule has 0 amide bonds. The summed E-state index contributed by atoms with van der Waals surface area (Å²) in [5.74, 6) is 1.40. The fourth-order valence-electron chi connectivity index (χ4n) is 5.80. The number of aliphatic hydroxyl groups is 1. The van der Waals surface area contributed by atoms with Crippen LogP contribution >= 0.6 is 0 Å². The predicted octanol–water partition coefficient (Wildman–Crippen LogP) is 4.93. The predicted molar refractivity (Wildman–Crippen MR) is 131 cm³/mol. The van der Waals surface area contributed by atoms with Gasteiger partial charge in [-0.3, -0.25) is 0 Å². The molecule has 1 heterocycles. The third-order valence-corrected chi connectivity index (χ3v) is 7.50. The zero-order valence-electron chi connectivity index (χ0n) is 19.9. The zero-order chi connectivity index (χ0) is 23.2. The lowest BCUT2D eigenvalue weighted by Gasteiger charge is -2.33. The van der Waals surface area contributed by atoms with Crippen LogP contribution in [-0.2, 0) is 18.4 Å². The molecule has 0 aliphatic heterocycles. The van der Waals surface area contributed by atoms with Gasteiger partial charge in [0.15, 0.2) is 0 Å². The number of nitriles is 1. The number of nitrogens with zero attached hydrogens (tertiary/aromatic N) is 3. The summed E-state index contributed by atoms with van der Waals surface area (Å²) in [5, 5.41) is 23.8. The zero-order valence-corrected chi connectivity index (χ0v) is 19.9. The van der Waals surface area contributed by atoms with E-state index in [0.717, 1.165) is 67.5 Å². The Kier molecular flexibility index (Phi) is 5.76. The van der Waals surface area contributed by atoms with Gasteiger partial charge in [-0.1, -0.05) is 12.1 Å². The van der Waals surface area contributed by atoms with Gasteiger partial charge in [-0.05, 0) is 113 Å². The lowest BCUT2D eigenvalue weighted by molar-refractivity contribution is 0.0620. The molecule has 1 aromatic heterocycles. The van der Waals surface area contributed by atoms with E-state index in [9.17, 15) is 5.11 Å². The average Bonchev–Trinajstić information content (AvgIpc) is 3.38. The highest BCUT2D eigenvalue weighted by Crippen LogP contribution is 2.36. The summed E-state index contributed by atoms with van der Waals surface area (Å²) in [6.07, 6.45) is 6.65. The lowest BCUT2D eigenvalue weighted by Crippen LogP contribution is -2.37. The van der Waals surface area contributed by atoms with Crippen LogP contribution in [0.5, 0.6) is 0 Å². The molecule has 0 radical (unpaired) electrons. The van der Waals surface area contributed by atoms with E-state index in [0.29, 0.717) is 18.0 Å². The Balaban J connectivity index is 1.22. The molecule has 2 aliphatic carbocycles. The highest BCUT2D eigenvalue weighted by Gasteiger charge is 2.31. The molecule has 33 heavy (non-hydrogen) atoms. The number of nitrogens with one attached hydrogen (secondary N) is 1. The Morgan fingerprint density at radius 1 is 1.09 bits per heavy atom. The van der Waals surface area contributed by atoms with Crippen LogP contribution in [0, 0.1) is 24.2 Å². The Hall–Kier alpha value is -2.68. The van der Waals surface area contributed by atoms with Gasteiger partial charge in [0, 0.05) is 12.1 Å². The van der Waals surface area contributed by atoms with Gasteiger partial charge in [-0.15, -0.1) is 0 Å². The first-order chi connectivity index (χ1) is 15.8. The van der Waals surface area contributed by atoms with Crippen molar-refractivity contribution in [3.63, 3.8) is 0 Å². The maximum absolute atomic E-state index is 10.8. The molecular weight excluding hydrogens is 408 g/mol. The molecule has 5 heteroatoms. The van der Waals surface area contributed by atoms with Crippen molar-refractivity contribution in [2.45, 2.75) is 77.0 Å². The van der Waals surface area contributed by atoms with E-state index in [-0.39, 0.29) is 0 Å². The summed E-state index contributed by atoms with van der Waals surface area (Å²) in [6.45, 7) is 6.80. The second kappa shape index (κ2) is 8.59. The van der Waals surface area contributed by atoms with E-state index < -0.39 is 5.60 Å². The first-order valence-corrected chi connectivity index (χ1v) is 12.3. The first-order valence-electron chi connectivity index (χ1n) is 12.3. The van der Waals surface area contributed by atoms with E-state index in [1.807, 2.05) is 19.9 Å². The summed E-state index contributed by atoms with van der Waals surface area (Å²) in [4.78, 5) is 4.84. The molecule has 0 spiro atoms. The third-order valence-electron chi connectivity index (χ3n) is 7.50. The highest BCUT2D eigenvalue weighted by atomic mass is 16.3. The molecule has 0 unspecified atom stereocenters. The normalized spacial score (nSPS) is 22.9. The van der Waals surface area contributed by atoms with Crippen LogP contribution in [0.4, 0.5) is 0 Å². The Morgan fingerprint density at radius 2 is 1.85 bits per heavy atom. The molecule has 5 nitrogen and oxygen atoms in total. The number of imidazole rings is 1. The summed E-state index contributed by atoms with van der Waals surface area (Å²) >= 11 is 0. The molecule has 2 aromatic carbocycles. The van der Waals surface area contributed by atoms with E-state index in [4.69, 9.17) is 10.2 Å². The first kappa shape index (κ1) is 22.1. The maximum atomic E-state index is 10.8. The van der Waals surface area contributed by atoms with Crippen molar-refractivity contribution in [3.05, 3.63) is 64.5 Å². The number of aryl methyl sites for hydroxylation is 1. The van der Waals surface area contributed by atoms with Gasteiger partial charge in [0.25, 0.3) is 0 Å². The van der Waals surface area contributed by atoms with Crippen molar-refractivity contribution in [3.8, 4) is 6.07 Å². The van der Waals surface area contributed by atoms with Crippen LogP contribution in [0.1, 0.15) is 73.7 Å². The van der Waals surface area contributed by atoms with Gasteiger partial charge in [0.1, 0.15) is 11.4 Å². The van der Waals surface area contributed by atoms with Gasteiger partial charge in [0.05, 0.1) is 22.7 Å². The molecule has 2 aliphatic rings. The van der Waals surface area contributed by atoms with Crippen LogP contribution in [-0.4, -0.2) is 27.2 Å². The third kappa shape index (κ3) is 4.43. The molecule has 3 aromatic rings. The molecule has 0 bridgehead atoms. The van der Waals surface area contributed by atoms with Crippen molar-refractivity contribution >= 4 is 11.0 Å². The Labute approximate surface area is 196 Å². The number of rotatable bonds is 5. The van der Waals surface area contributed by atoms with Crippen LogP contribution in [0.3, 0.4) is 0 Å². The molecule has 1 saturated carbocycles. The summed E-state index contributed by atoms with van der Waals surface area (Å²) in [7, 11) is 0. The molecule has 172 valence electrons. The van der Waals surface area contributed by atoms with Crippen LogP contribution in [0.15, 0.2) is 36.4 Å². The molecule has 5 rings (SSSR count). The van der Waals surface area contributed by atoms with Crippen LogP contribution < -0.4 is 5.32 Å². The standard InChI is InChI=1S/C28H34N4O/c1-18-4-11-26-25(12-18)31-27(28(2,3)33)32(26)24-9-7-23(8-10-24)30-17-20-14-21-6-5-19(16-29)13-22(21)15-20/h4-6,11-13,20,23-24,30,33H,7-10,14-15,17H2,1-3H3/t20-,23-,24+/m0/s1. The molecule has 0 saturated heterocycles. The number of hydrogen-bond donors (Lipinski definition) is 2. The number of aromatic nitrogens is 2. The fourth-order valence-corrected chi connectivity index (χ4v) is 5.80. The second-order valence-corrected chi connectivity index (χ2v) is 10.6. The van der Waals surface area contributed by atoms with Crippen LogP contribution in [0.2, 0.25) is 0 Å². The monoisotopic (exact) mass is 442 g/mol. The minimum Gasteiger partial charge on any atom is -0.383 e. The lowest BCUT2D eigenvalue weighted by atomic mass is 9.90. The molecule has 1 atom stereocenters. The minimum absolute atomic E-state index is 0.373. The van der Waals surface area contributed by atoms with Crippen molar-refractivity contribution in [2.24, 2.45) is 5.92 Å². The van der Waals surface area contributed by atoms with Crippen molar-refractivity contribution in [1.82, 2.24) is 14.9 Å². The number of fused-ring (bicyclic) bond motifs is 2. The Morgan fingerprint density at radius 3 is 2.58 bits per heavy atom. The van der Waals surface area contributed by atoms with E-state index in [2.05, 4.69) is 53.2 Å².